The number of anilines is 1. The lowest BCUT2D eigenvalue weighted by Gasteiger charge is -2.39. The van der Waals surface area contributed by atoms with Gasteiger partial charge in [-0.15, -0.1) is 0 Å². The van der Waals surface area contributed by atoms with Crippen molar-refractivity contribution in [1.29, 1.82) is 0 Å². The predicted octanol–water partition coefficient (Wildman–Crippen LogP) is 2.20. The molecule has 3 aliphatic rings. The number of carboxylic acid groups (broad SMARTS) is 1. The molecule has 3 heterocycles. The van der Waals surface area contributed by atoms with Gasteiger partial charge in [-0.2, -0.15) is 0 Å². The second-order valence-electron chi connectivity index (χ2n) is 11.2. The number of carbonyl (C=O) groups excluding carboxylic acids is 2. The molecule has 11 nitrogen and oxygen atoms in total. The van der Waals surface area contributed by atoms with Crippen LogP contribution < -0.4 is 10.4 Å². The van der Waals surface area contributed by atoms with Gasteiger partial charge in [0.2, 0.25) is 5.91 Å². The Balaban J connectivity index is 1.43. The molecule has 3 saturated heterocycles. The smallest absolute Gasteiger partial charge is 0.407 e. The zero-order valence-electron chi connectivity index (χ0n) is 22.0. The van der Waals surface area contributed by atoms with Crippen molar-refractivity contribution in [2.24, 2.45) is 17.8 Å². The molecular formula is C26H38N4O7S. The van der Waals surface area contributed by atoms with Crippen molar-refractivity contribution in [1.82, 2.24) is 15.3 Å². The average Bonchev–Trinajstić information content (AvgIpc) is 2.91. The molecule has 3 N–H and O–H groups in total. The first-order chi connectivity index (χ1) is 18.0. The van der Waals surface area contributed by atoms with Gasteiger partial charge in [-0.1, -0.05) is 13.8 Å². The number of hydrogen-bond acceptors (Lipinski definition) is 7. The summed E-state index contributed by atoms with van der Waals surface area (Å²) in [6.45, 7) is 7.13. The minimum Gasteiger partial charge on any atom is -0.465 e. The summed E-state index contributed by atoms with van der Waals surface area (Å²) in [5.41, 5.74) is 2.31. The summed E-state index contributed by atoms with van der Waals surface area (Å²) >= 11 is 0. The van der Waals surface area contributed by atoms with Gasteiger partial charge in [-0.3, -0.25) is 14.8 Å². The fraction of sp³-hybridized carbons (Fsp3) is 0.654. The van der Waals surface area contributed by atoms with Gasteiger partial charge in [-0.05, 0) is 68.2 Å². The Morgan fingerprint density at radius 1 is 0.921 bits per heavy atom. The van der Waals surface area contributed by atoms with Crippen molar-refractivity contribution in [3.63, 3.8) is 0 Å². The molecule has 0 aromatic heterocycles. The Bertz CT molecular complexity index is 1130. The molecule has 38 heavy (non-hydrogen) atoms. The third-order valence-corrected chi connectivity index (χ3v) is 10.9. The number of rotatable bonds is 5. The first-order valence-electron chi connectivity index (χ1n) is 13.3. The van der Waals surface area contributed by atoms with Crippen molar-refractivity contribution in [3.8, 4) is 0 Å². The standard InChI is InChI=1S/C26H38N4O7S/c1-18-15-19(2)17-30(16-18)23(31)20-7-11-28(12-8-20)21-3-5-22(6-4-21)38(36,37)26(24(32)27-35)9-13-29(14-10-26)25(33)34/h3-6,18-20,35H,7-17H2,1-2H3,(H,27,32)(H,33,34)/t18-,19+. The van der Waals surface area contributed by atoms with Gasteiger partial charge in [0.05, 0.1) is 4.90 Å². The average molecular weight is 551 g/mol. The van der Waals surface area contributed by atoms with Crippen LogP contribution >= 0.6 is 0 Å². The number of amides is 3. The lowest BCUT2D eigenvalue weighted by molar-refractivity contribution is -0.139. The normalized spacial score (nSPS) is 24.7. The number of hydroxylamine groups is 1. The van der Waals surface area contributed by atoms with E-state index in [0.29, 0.717) is 24.9 Å². The van der Waals surface area contributed by atoms with Crippen molar-refractivity contribution in [3.05, 3.63) is 24.3 Å². The molecule has 0 saturated carbocycles. The van der Waals surface area contributed by atoms with Crippen LogP contribution in [-0.4, -0.2) is 90.5 Å². The first-order valence-corrected chi connectivity index (χ1v) is 14.8. The van der Waals surface area contributed by atoms with Crippen LogP contribution in [0.4, 0.5) is 10.5 Å². The number of nitrogens with one attached hydrogen (secondary N) is 1. The molecule has 3 fully saturated rings. The van der Waals surface area contributed by atoms with E-state index in [4.69, 9.17) is 0 Å². The minimum absolute atomic E-state index is 0.00285. The number of carbonyl (C=O) groups is 3. The van der Waals surface area contributed by atoms with Crippen LogP contribution in [0, 0.1) is 17.8 Å². The van der Waals surface area contributed by atoms with Crippen LogP contribution in [0.3, 0.4) is 0 Å². The highest BCUT2D eigenvalue weighted by Gasteiger charge is 2.53. The molecule has 210 valence electrons. The summed E-state index contributed by atoms with van der Waals surface area (Å²) in [6, 6.07) is 6.29. The molecule has 0 unspecified atom stereocenters. The summed E-state index contributed by atoms with van der Waals surface area (Å²) in [6.07, 6.45) is 0.921. The van der Waals surface area contributed by atoms with E-state index in [1.54, 1.807) is 12.1 Å². The van der Waals surface area contributed by atoms with E-state index in [9.17, 15) is 33.1 Å². The molecule has 0 spiro atoms. The van der Waals surface area contributed by atoms with Gasteiger partial charge in [0.25, 0.3) is 5.91 Å². The fourth-order valence-corrected chi connectivity index (χ4v) is 8.28. The highest BCUT2D eigenvalue weighted by atomic mass is 32.2. The molecule has 2 atom stereocenters. The third-order valence-electron chi connectivity index (χ3n) is 8.41. The quantitative estimate of drug-likeness (QED) is 0.373. The van der Waals surface area contributed by atoms with E-state index in [2.05, 4.69) is 18.7 Å². The molecule has 12 heteroatoms. The molecular weight excluding hydrogens is 512 g/mol. The Morgan fingerprint density at radius 3 is 1.97 bits per heavy atom. The van der Waals surface area contributed by atoms with Crippen molar-refractivity contribution < 1.29 is 33.1 Å². The van der Waals surface area contributed by atoms with Crippen LogP contribution in [0.15, 0.2) is 29.2 Å². The Kier molecular flexibility index (Phi) is 8.22. The largest absolute Gasteiger partial charge is 0.465 e. The van der Waals surface area contributed by atoms with Crippen LogP contribution in [-0.2, 0) is 19.4 Å². The number of sulfone groups is 1. The number of hydrogen-bond donors (Lipinski definition) is 3. The molecule has 0 radical (unpaired) electrons. The number of nitrogens with zero attached hydrogens (tertiary/aromatic N) is 3. The Labute approximate surface area is 223 Å². The SMILES string of the molecule is C[C@@H]1C[C@H](C)CN(C(=O)C2CCN(c3ccc(S(=O)(=O)C4(C(=O)NO)CCN(C(=O)O)CC4)cc3)CC2)C1. The van der Waals surface area contributed by atoms with E-state index < -0.39 is 26.6 Å². The maximum absolute atomic E-state index is 13.6. The summed E-state index contributed by atoms with van der Waals surface area (Å²) in [7, 11) is -4.23. The van der Waals surface area contributed by atoms with E-state index in [1.807, 2.05) is 4.90 Å². The van der Waals surface area contributed by atoms with Crippen LogP contribution in [0.5, 0.6) is 0 Å². The Morgan fingerprint density at radius 2 is 1.47 bits per heavy atom. The van der Waals surface area contributed by atoms with E-state index in [-0.39, 0.29) is 42.7 Å². The summed E-state index contributed by atoms with van der Waals surface area (Å²) in [4.78, 5) is 42.1. The van der Waals surface area contributed by atoms with Gasteiger partial charge >= 0.3 is 6.09 Å². The molecule has 3 aliphatic heterocycles. The number of benzene rings is 1. The second-order valence-corrected chi connectivity index (χ2v) is 13.4. The summed E-state index contributed by atoms with van der Waals surface area (Å²) < 4.78 is 25.2. The van der Waals surface area contributed by atoms with Crippen molar-refractivity contribution >= 4 is 33.4 Å². The molecule has 0 aliphatic carbocycles. The van der Waals surface area contributed by atoms with E-state index in [1.165, 1.54) is 17.6 Å². The van der Waals surface area contributed by atoms with Crippen LogP contribution in [0.1, 0.15) is 46.0 Å². The summed E-state index contributed by atoms with van der Waals surface area (Å²) in [5.74, 6) is 0.216. The second kappa shape index (κ2) is 11.1. The van der Waals surface area contributed by atoms with Gasteiger partial charge in [-0.25, -0.2) is 18.7 Å². The molecule has 1 aromatic carbocycles. The van der Waals surface area contributed by atoms with Crippen molar-refractivity contribution in [2.75, 3.05) is 44.2 Å². The van der Waals surface area contributed by atoms with Crippen molar-refractivity contribution in [2.45, 2.75) is 55.6 Å². The zero-order valence-corrected chi connectivity index (χ0v) is 22.8. The highest BCUT2D eigenvalue weighted by molar-refractivity contribution is 7.93. The van der Waals surface area contributed by atoms with E-state index in [0.717, 1.165) is 42.9 Å². The van der Waals surface area contributed by atoms with Crippen LogP contribution in [0.2, 0.25) is 0 Å². The van der Waals surface area contributed by atoms with E-state index >= 15 is 0 Å². The minimum atomic E-state index is -4.23. The fourth-order valence-electron chi connectivity index (χ4n) is 6.33. The molecule has 0 bridgehead atoms. The van der Waals surface area contributed by atoms with Gasteiger partial charge < -0.3 is 19.8 Å². The van der Waals surface area contributed by atoms with Gasteiger partial charge in [0, 0.05) is 50.9 Å². The number of likely N-dealkylation sites (tertiary alicyclic amines) is 2. The number of piperidine rings is 3. The maximum Gasteiger partial charge on any atom is 0.407 e. The molecule has 1 aromatic rings. The topological polar surface area (TPSA) is 148 Å². The predicted molar refractivity (Wildman–Crippen MR) is 140 cm³/mol. The molecule has 4 rings (SSSR count). The first kappa shape index (κ1) is 28.2. The third kappa shape index (κ3) is 5.33. The maximum atomic E-state index is 13.6. The lowest BCUT2D eigenvalue weighted by atomic mass is 9.89. The molecule has 3 amide bonds. The lowest BCUT2D eigenvalue weighted by Crippen LogP contribution is -2.58. The van der Waals surface area contributed by atoms with Gasteiger partial charge in [0.1, 0.15) is 0 Å². The van der Waals surface area contributed by atoms with Crippen LogP contribution in [0.25, 0.3) is 0 Å². The zero-order chi connectivity index (χ0) is 27.7. The summed E-state index contributed by atoms with van der Waals surface area (Å²) in [5, 5.41) is 18.5. The highest BCUT2D eigenvalue weighted by Crippen LogP contribution is 2.37. The monoisotopic (exact) mass is 550 g/mol. The Hall–Kier alpha value is -2.86. The van der Waals surface area contributed by atoms with Gasteiger partial charge in [0.15, 0.2) is 14.6 Å².